The van der Waals surface area contributed by atoms with Crippen LogP contribution in [0.4, 0.5) is 0 Å². The van der Waals surface area contributed by atoms with Gasteiger partial charge in [0.25, 0.3) is 0 Å². The van der Waals surface area contributed by atoms with Gasteiger partial charge in [-0.1, -0.05) is 0 Å². The van der Waals surface area contributed by atoms with Gasteiger partial charge in [-0.05, 0) is 6.92 Å². The fourth-order valence-electron chi connectivity index (χ4n) is 1.59. The van der Waals surface area contributed by atoms with Crippen molar-refractivity contribution in [2.24, 2.45) is 5.73 Å². The maximum atomic E-state index is 11.9. The van der Waals surface area contributed by atoms with E-state index in [-0.39, 0.29) is 5.75 Å². The van der Waals surface area contributed by atoms with E-state index in [2.05, 4.69) is 23.3 Å². The van der Waals surface area contributed by atoms with E-state index in [0.29, 0.717) is 0 Å². The van der Waals surface area contributed by atoms with Crippen molar-refractivity contribution in [2.45, 2.75) is 37.6 Å². The molecule has 0 aromatic carbocycles. The molecule has 0 saturated heterocycles. The summed E-state index contributed by atoms with van der Waals surface area (Å²) in [7, 11) is 0. The number of carboxylic acids is 2. The second-order valence-electron chi connectivity index (χ2n) is 5.28. The maximum Gasteiger partial charge on any atom is 0.326 e. The predicted octanol–water partition coefficient (Wildman–Crippen LogP) is -3.73. The largest absolute Gasteiger partial charge is 0.481 e. The predicted molar refractivity (Wildman–Crippen MR) is 90.3 cm³/mol. The molecule has 0 aromatic rings. The van der Waals surface area contributed by atoms with Crippen molar-refractivity contribution < 1.29 is 39.3 Å². The molecule has 26 heavy (non-hydrogen) atoms. The van der Waals surface area contributed by atoms with Crippen LogP contribution in [0.5, 0.6) is 0 Å². The number of aliphatic hydroxyl groups is 1. The highest BCUT2D eigenvalue weighted by Crippen LogP contribution is 1.95. The summed E-state index contributed by atoms with van der Waals surface area (Å²) >= 11 is 3.89. The first-order valence-corrected chi connectivity index (χ1v) is 7.99. The molecule has 0 aliphatic rings. The van der Waals surface area contributed by atoms with Gasteiger partial charge in [-0.2, -0.15) is 12.6 Å². The Labute approximate surface area is 153 Å². The molecule has 0 spiro atoms. The summed E-state index contributed by atoms with van der Waals surface area (Å²) in [5.74, 6) is -5.63. The first-order chi connectivity index (χ1) is 12.0. The van der Waals surface area contributed by atoms with Gasteiger partial charge in [0.15, 0.2) is 0 Å². The number of carboxylic acid groups (broad SMARTS) is 2. The molecule has 8 N–H and O–H groups in total. The molecule has 148 valence electrons. The molecule has 4 atom stereocenters. The van der Waals surface area contributed by atoms with E-state index in [1.54, 1.807) is 0 Å². The van der Waals surface area contributed by atoms with Crippen molar-refractivity contribution in [3.8, 4) is 0 Å². The van der Waals surface area contributed by atoms with Gasteiger partial charge in [0.2, 0.25) is 17.7 Å². The third kappa shape index (κ3) is 8.64. The highest BCUT2D eigenvalue weighted by atomic mass is 32.1. The number of hydrogen-bond donors (Lipinski definition) is 8. The summed E-state index contributed by atoms with van der Waals surface area (Å²) in [4.78, 5) is 56.7. The van der Waals surface area contributed by atoms with Crippen LogP contribution in [0.25, 0.3) is 0 Å². The smallest absolute Gasteiger partial charge is 0.326 e. The zero-order valence-electron chi connectivity index (χ0n) is 13.8. The number of carbonyl (C=O) groups excluding carboxylic acids is 3. The monoisotopic (exact) mass is 394 g/mol. The Morgan fingerprint density at radius 1 is 1.04 bits per heavy atom. The summed E-state index contributed by atoms with van der Waals surface area (Å²) in [5, 5.41) is 33.0. The van der Waals surface area contributed by atoms with Crippen LogP contribution in [0.2, 0.25) is 0 Å². The molecule has 0 aliphatic heterocycles. The zero-order chi connectivity index (χ0) is 20.4. The van der Waals surface area contributed by atoms with E-state index in [9.17, 15) is 29.1 Å². The highest BCUT2D eigenvalue weighted by molar-refractivity contribution is 7.80. The van der Waals surface area contributed by atoms with Crippen LogP contribution in [0, 0.1) is 0 Å². The Kier molecular flexibility index (Phi) is 10.2. The lowest BCUT2D eigenvalue weighted by molar-refractivity contribution is -0.147. The normalized spacial score (nSPS) is 15.1. The van der Waals surface area contributed by atoms with Crippen molar-refractivity contribution in [1.82, 2.24) is 16.0 Å². The molecule has 12 nitrogen and oxygen atoms in total. The second kappa shape index (κ2) is 11.3. The second-order valence-corrected chi connectivity index (χ2v) is 5.65. The minimum atomic E-state index is -1.65. The lowest BCUT2D eigenvalue weighted by atomic mass is 10.1. The number of hydrogen-bond acceptors (Lipinski definition) is 8. The number of carbonyl (C=O) groups is 5. The van der Waals surface area contributed by atoms with Gasteiger partial charge in [-0.25, -0.2) is 4.79 Å². The fourth-order valence-corrected chi connectivity index (χ4v) is 1.85. The zero-order valence-corrected chi connectivity index (χ0v) is 14.7. The molecule has 0 fully saturated rings. The van der Waals surface area contributed by atoms with Gasteiger partial charge in [-0.15, -0.1) is 0 Å². The van der Waals surface area contributed by atoms with Crippen LogP contribution >= 0.6 is 12.6 Å². The molecule has 0 rings (SSSR count). The molecule has 0 aromatic heterocycles. The van der Waals surface area contributed by atoms with E-state index in [0.717, 1.165) is 0 Å². The van der Waals surface area contributed by atoms with E-state index in [1.165, 1.54) is 6.92 Å². The lowest BCUT2D eigenvalue weighted by Crippen LogP contribution is -2.56. The molecule has 0 aliphatic carbocycles. The third-order valence-corrected chi connectivity index (χ3v) is 3.44. The molecule has 3 amide bonds. The van der Waals surface area contributed by atoms with Gasteiger partial charge in [0.05, 0.1) is 19.1 Å². The van der Waals surface area contributed by atoms with E-state index in [1.807, 2.05) is 5.32 Å². The molecular formula is C13H22N4O8S. The van der Waals surface area contributed by atoms with Crippen molar-refractivity contribution >= 4 is 42.3 Å². The van der Waals surface area contributed by atoms with Crippen LogP contribution in [-0.4, -0.2) is 81.5 Å². The SMILES string of the molecule is CC(O)C(N)C(=O)NC(CS)C(=O)NCC(=O)NC(CC(=O)O)C(=O)O. The molecule has 0 bridgehead atoms. The van der Waals surface area contributed by atoms with E-state index in [4.69, 9.17) is 15.9 Å². The molecular weight excluding hydrogens is 372 g/mol. The van der Waals surface area contributed by atoms with Crippen LogP contribution in [0.15, 0.2) is 0 Å². The summed E-state index contributed by atoms with van der Waals surface area (Å²) in [6.45, 7) is 0.644. The van der Waals surface area contributed by atoms with Gasteiger partial charge < -0.3 is 37.0 Å². The van der Waals surface area contributed by atoms with Crippen LogP contribution in [-0.2, 0) is 24.0 Å². The summed E-state index contributed by atoms with van der Waals surface area (Å²) in [6, 6.07) is -4.07. The topological polar surface area (TPSA) is 208 Å². The molecule has 0 radical (unpaired) electrons. The summed E-state index contributed by atoms with van der Waals surface area (Å²) < 4.78 is 0. The molecule has 13 heteroatoms. The molecule has 0 saturated carbocycles. The number of nitrogens with one attached hydrogen (secondary N) is 3. The summed E-state index contributed by atoms with van der Waals surface area (Å²) in [5.41, 5.74) is 5.42. The highest BCUT2D eigenvalue weighted by Gasteiger charge is 2.26. The molecule has 4 unspecified atom stereocenters. The first kappa shape index (κ1) is 23.6. The van der Waals surface area contributed by atoms with Gasteiger partial charge in [-0.3, -0.25) is 19.2 Å². The van der Waals surface area contributed by atoms with Gasteiger partial charge in [0.1, 0.15) is 18.1 Å². The lowest BCUT2D eigenvalue weighted by Gasteiger charge is -2.20. The number of nitrogens with two attached hydrogens (primary N) is 1. The minimum absolute atomic E-state index is 0.136. The summed E-state index contributed by atoms with van der Waals surface area (Å²) in [6.07, 6.45) is -1.98. The standard InChI is InChI=1S/C13H22N4O8S/c1-5(18)10(14)12(23)17-7(4-26)11(22)15-3-8(19)16-6(13(24)25)2-9(20)21/h5-7,10,18,26H,2-4,14H2,1H3,(H,15,22)(H,16,19)(H,17,23)(H,20,21)(H,24,25). The quantitative estimate of drug-likeness (QED) is 0.162. The fraction of sp³-hybridized carbons (Fsp3) is 0.615. The van der Waals surface area contributed by atoms with Crippen molar-refractivity contribution in [3.05, 3.63) is 0 Å². The number of amides is 3. The Bertz CT molecular complexity index is 556. The van der Waals surface area contributed by atoms with Gasteiger partial charge >= 0.3 is 11.9 Å². The number of rotatable bonds is 11. The average molecular weight is 394 g/mol. The van der Waals surface area contributed by atoms with Crippen LogP contribution in [0.1, 0.15) is 13.3 Å². The van der Waals surface area contributed by atoms with Crippen molar-refractivity contribution in [1.29, 1.82) is 0 Å². The Balaban J connectivity index is 4.59. The van der Waals surface area contributed by atoms with Crippen molar-refractivity contribution in [2.75, 3.05) is 12.3 Å². The maximum absolute atomic E-state index is 11.9. The first-order valence-electron chi connectivity index (χ1n) is 7.36. The van der Waals surface area contributed by atoms with E-state index >= 15 is 0 Å². The van der Waals surface area contributed by atoms with Crippen LogP contribution in [0.3, 0.4) is 0 Å². The van der Waals surface area contributed by atoms with Crippen LogP contribution < -0.4 is 21.7 Å². The minimum Gasteiger partial charge on any atom is -0.481 e. The number of thiol groups is 1. The van der Waals surface area contributed by atoms with Crippen molar-refractivity contribution in [3.63, 3.8) is 0 Å². The Morgan fingerprint density at radius 2 is 1.62 bits per heavy atom. The third-order valence-electron chi connectivity index (χ3n) is 3.07. The average Bonchev–Trinajstić information content (AvgIpc) is 2.55. The van der Waals surface area contributed by atoms with E-state index < -0.39 is 66.9 Å². The Morgan fingerprint density at radius 3 is 2.04 bits per heavy atom. The van der Waals surface area contributed by atoms with Gasteiger partial charge in [0, 0.05) is 5.75 Å². The Hall–Kier alpha value is -2.38. The number of aliphatic carboxylic acids is 2. The molecule has 0 heterocycles. The number of aliphatic hydroxyl groups excluding tert-OH is 1.